The van der Waals surface area contributed by atoms with Crippen molar-refractivity contribution >= 4 is 11.9 Å². The van der Waals surface area contributed by atoms with Gasteiger partial charge >= 0.3 is 5.97 Å². The molecule has 1 aliphatic rings. The van der Waals surface area contributed by atoms with Crippen LogP contribution in [0.5, 0.6) is 0 Å². The highest BCUT2D eigenvalue weighted by molar-refractivity contribution is 5.84. The summed E-state index contributed by atoms with van der Waals surface area (Å²) in [6.45, 7) is 1.35. The van der Waals surface area contributed by atoms with Crippen LogP contribution in [0.25, 0.3) is 0 Å². The third-order valence-electron chi connectivity index (χ3n) is 2.69. The summed E-state index contributed by atoms with van der Waals surface area (Å²) in [5.41, 5.74) is 0. The quantitative estimate of drug-likeness (QED) is 0.777. The average Bonchev–Trinajstić information content (AvgIpc) is 2.70. The molecule has 1 saturated heterocycles. The minimum absolute atomic E-state index is 0.223. The van der Waals surface area contributed by atoms with Gasteiger partial charge in [0, 0.05) is 19.5 Å². The number of nitrogens with zero attached hydrogens (tertiary/aromatic N) is 1. The van der Waals surface area contributed by atoms with Crippen molar-refractivity contribution in [3.05, 3.63) is 24.2 Å². The van der Waals surface area contributed by atoms with Crippen LogP contribution in [0.1, 0.15) is 12.2 Å². The van der Waals surface area contributed by atoms with Gasteiger partial charge in [-0.1, -0.05) is 0 Å². The van der Waals surface area contributed by atoms with Crippen molar-refractivity contribution in [1.82, 2.24) is 10.2 Å². The summed E-state index contributed by atoms with van der Waals surface area (Å²) >= 11 is 0. The molecule has 0 aromatic carbocycles. The lowest BCUT2D eigenvalue weighted by Crippen LogP contribution is -2.44. The molecule has 1 fully saturated rings. The molecule has 1 aromatic rings. The van der Waals surface area contributed by atoms with Crippen molar-refractivity contribution in [2.24, 2.45) is 0 Å². The first-order valence-electron chi connectivity index (χ1n) is 5.42. The highest BCUT2D eigenvalue weighted by Crippen LogP contribution is 2.09. The molecule has 92 valence electrons. The van der Waals surface area contributed by atoms with Gasteiger partial charge in [0.25, 0.3) is 0 Å². The Morgan fingerprint density at radius 2 is 2.47 bits per heavy atom. The SMILES string of the molecule is O=C1CCN(Cc2ccco2)CC(C(=O)O)N1. The van der Waals surface area contributed by atoms with Gasteiger partial charge < -0.3 is 14.8 Å². The Hall–Kier alpha value is -1.82. The molecule has 1 unspecified atom stereocenters. The molecule has 2 N–H and O–H groups in total. The van der Waals surface area contributed by atoms with Crippen molar-refractivity contribution in [2.45, 2.75) is 19.0 Å². The molecule has 0 spiro atoms. The lowest BCUT2D eigenvalue weighted by atomic mass is 10.2. The summed E-state index contributed by atoms with van der Waals surface area (Å²) in [5.74, 6) is -0.465. The molecule has 0 saturated carbocycles. The van der Waals surface area contributed by atoms with E-state index in [9.17, 15) is 9.59 Å². The van der Waals surface area contributed by atoms with Crippen molar-refractivity contribution in [1.29, 1.82) is 0 Å². The van der Waals surface area contributed by atoms with Gasteiger partial charge in [0.15, 0.2) is 0 Å². The minimum atomic E-state index is -1.01. The lowest BCUT2D eigenvalue weighted by molar-refractivity contribution is -0.141. The summed E-state index contributed by atoms with van der Waals surface area (Å²) in [4.78, 5) is 24.2. The number of furan rings is 1. The monoisotopic (exact) mass is 238 g/mol. The summed E-state index contributed by atoms with van der Waals surface area (Å²) in [6, 6.07) is 2.76. The number of aliphatic carboxylic acids is 1. The number of hydrogen-bond donors (Lipinski definition) is 2. The Bertz CT molecular complexity index is 402. The Balaban J connectivity index is 2.02. The molecule has 0 aliphatic carbocycles. The topological polar surface area (TPSA) is 82.8 Å². The van der Waals surface area contributed by atoms with E-state index in [4.69, 9.17) is 9.52 Å². The van der Waals surface area contributed by atoms with Crippen LogP contribution in [0.4, 0.5) is 0 Å². The standard InChI is InChI=1S/C11H14N2O4/c14-10-3-4-13(6-8-2-1-5-17-8)7-9(12-10)11(15)16/h1-2,5,9H,3-4,6-7H2,(H,12,14)(H,15,16). The van der Waals surface area contributed by atoms with Crippen LogP contribution in [0.3, 0.4) is 0 Å². The molecule has 1 aromatic heterocycles. The Morgan fingerprint density at radius 3 is 3.12 bits per heavy atom. The molecule has 6 nitrogen and oxygen atoms in total. The van der Waals surface area contributed by atoms with Crippen LogP contribution < -0.4 is 5.32 Å². The third-order valence-corrected chi connectivity index (χ3v) is 2.69. The van der Waals surface area contributed by atoms with E-state index in [0.29, 0.717) is 26.1 Å². The molecule has 2 rings (SSSR count). The van der Waals surface area contributed by atoms with E-state index in [1.54, 1.807) is 12.3 Å². The van der Waals surface area contributed by atoms with Gasteiger partial charge in [0.1, 0.15) is 11.8 Å². The van der Waals surface area contributed by atoms with Crippen molar-refractivity contribution < 1.29 is 19.1 Å². The zero-order chi connectivity index (χ0) is 12.3. The number of carbonyl (C=O) groups is 2. The third kappa shape index (κ3) is 3.07. The van der Waals surface area contributed by atoms with Crippen molar-refractivity contribution in [3.63, 3.8) is 0 Å². The Labute approximate surface area is 98.2 Å². The zero-order valence-electron chi connectivity index (χ0n) is 9.26. The number of rotatable bonds is 3. The molecule has 6 heteroatoms. The maximum Gasteiger partial charge on any atom is 0.327 e. The highest BCUT2D eigenvalue weighted by atomic mass is 16.4. The van der Waals surface area contributed by atoms with Crippen molar-refractivity contribution in [3.8, 4) is 0 Å². The maximum absolute atomic E-state index is 11.3. The average molecular weight is 238 g/mol. The molecule has 2 heterocycles. The van der Waals surface area contributed by atoms with Crippen molar-refractivity contribution in [2.75, 3.05) is 13.1 Å². The van der Waals surface area contributed by atoms with E-state index < -0.39 is 12.0 Å². The second-order valence-corrected chi connectivity index (χ2v) is 4.02. The Morgan fingerprint density at radius 1 is 1.65 bits per heavy atom. The van der Waals surface area contributed by atoms with E-state index in [1.807, 2.05) is 11.0 Å². The second-order valence-electron chi connectivity index (χ2n) is 4.02. The van der Waals surface area contributed by atoms with E-state index in [1.165, 1.54) is 0 Å². The molecule has 0 bridgehead atoms. The smallest absolute Gasteiger partial charge is 0.327 e. The molecular formula is C11H14N2O4. The number of amides is 1. The van der Waals surface area contributed by atoms with Crippen LogP contribution in [0.15, 0.2) is 22.8 Å². The predicted octanol–water partition coefficient (Wildman–Crippen LogP) is 0.0547. The van der Waals surface area contributed by atoms with E-state index in [2.05, 4.69) is 5.32 Å². The fraction of sp³-hybridized carbons (Fsp3) is 0.455. The molecule has 0 radical (unpaired) electrons. The highest BCUT2D eigenvalue weighted by Gasteiger charge is 2.26. The summed E-state index contributed by atoms with van der Waals surface area (Å²) in [7, 11) is 0. The molecule has 1 atom stereocenters. The number of carboxylic acids is 1. The normalized spacial score (nSPS) is 21.9. The zero-order valence-corrected chi connectivity index (χ0v) is 9.26. The first-order valence-corrected chi connectivity index (χ1v) is 5.42. The van der Waals surface area contributed by atoms with E-state index >= 15 is 0 Å². The Kier molecular flexibility index (Phi) is 3.43. The predicted molar refractivity (Wildman–Crippen MR) is 58.2 cm³/mol. The second kappa shape index (κ2) is 5.01. The fourth-order valence-electron chi connectivity index (χ4n) is 1.83. The van der Waals surface area contributed by atoms with Gasteiger partial charge in [0.05, 0.1) is 12.8 Å². The summed E-state index contributed by atoms with van der Waals surface area (Å²) < 4.78 is 5.21. The van der Waals surface area contributed by atoms with Crippen LogP contribution >= 0.6 is 0 Å². The molecular weight excluding hydrogens is 224 g/mol. The maximum atomic E-state index is 11.3. The van der Waals surface area contributed by atoms with Crippen LogP contribution in [0, 0.1) is 0 Å². The number of hydrogen-bond acceptors (Lipinski definition) is 4. The minimum Gasteiger partial charge on any atom is -0.480 e. The lowest BCUT2D eigenvalue weighted by Gasteiger charge is -2.20. The first kappa shape index (κ1) is 11.7. The van der Waals surface area contributed by atoms with Gasteiger partial charge in [-0.15, -0.1) is 0 Å². The fourth-order valence-corrected chi connectivity index (χ4v) is 1.83. The van der Waals surface area contributed by atoms with E-state index in [-0.39, 0.29) is 5.91 Å². The number of nitrogens with one attached hydrogen (secondary N) is 1. The van der Waals surface area contributed by atoms with E-state index in [0.717, 1.165) is 5.76 Å². The van der Waals surface area contributed by atoms with Gasteiger partial charge in [0.2, 0.25) is 5.91 Å². The number of carbonyl (C=O) groups excluding carboxylic acids is 1. The van der Waals surface area contributed by atoms with Gasteiger partial charge in [-0.25, -0.2) is 4.79 Å². The largest absolute Gasteiger partial charge is 0.480 e. The van der Waals surface area contributed by atoms with Gasteiger partial charge in [-0.3, -0.25) is 9.69 Å². The first-order chi connectivity index (χ1) is 8.15. The number of carboxylic acid groups (broad SMARTS) is 1. The molecule has 1 aliphatic heterocycles. The van der Waals surface area contributed by atoms with Gasteiger partial charge in [-0.2, -0.15) is 0 Å². The summed E-state index contributed by atoms with van der Waals surface area (Å²) in [6.07, 6.45) is 1.88. The molecule has 17 heavy (non-hydrogen) atoms. The van der Waals surface area contributed by atoms with Gasteiger partial charge in [-0.05, 0) is 12.1 Å². The molecule has 1 amide bonds. The van der Waals surface area contributed by atoms with Crippen LogP contribution in [-0.4, -0.2) is 41.0 Å². The summed E-state index contributed by atoms with van der Waals surface area (Å²) in [5, 5.41) is 11.4. The van der Waals surface area contributed by atoms with Crippen LogP contribution in [-0.2, 0) is 16.1 Å². The van der Waals surface area contributed by atoms with Crippen LogP contribution in [0.2, 0.25) is 0 Å².